The molecule has 23 heavy (non-hydrogen) atoms. The summed E-state index contributed by atoms with van der Waals surface area (Å²) in [5, 5.41) is 0. The third-order valence-corrected chi connectivity index (χ3v) is 5.34. The summed E-state index contributed by atoms with van der Waals surface area (Å²) in [6, 6.07) is 0. The monoisotopic (exact) mass is 323 g/mol. The van der Waals surface area contributed by atoms with E-state index < -0.39 is 0 Å². The molecule has 1 amide bonds. The van der Waals surface area contributed by atoms with E-state index in [0.717, 1.165) is 51.6 Å². The number of likely N-dealkylation sites (tertiary alicyclic amines) is 1. The van der Waals surface area contributed by atoms with Gasteiger partial charge in [-0.1, -0.05) is 45.4 Å². The van der Waals surface area contributed by atoms with Crippen molar-refractivity contribution in [3.8, 4) is 0 Å². The van der Waals surface area contributed by atoms with E-state index in [1.807, 2.05) is 4.90 Å². The molecule has 2 rings (SSSR count). The average molecular weight is 323 g/mol. The summed E-state index contributed by atoms with van der Waals surface area (Å²) < 4.78 is 5.40. The molecule has 1 aliphatic heterocycles. The van der Waals surface area contributed by atoms with Crippen molar-refractivity contribution in [2.75, 3.05) is 19.7 Å². The molecule has 0 bridgehead atoms. The van der Waals surface area contributed by atoms with Crippen LogP contribution in [-0.4, -0.2) is 36.5 Å². The van der Waals surface area contributed by atoms with Crippen LogP contribution >= 0.6 is 0 Å². The Morgan fingerprint density at radius 3 is 2.26 bits per heavy atom. The summed E-state index contributed by atoms with van der Waals surface area (Å²) in [7, 11) is 0. The van der Waals surface area contributed by atoms with Gasteiger partial charge in [0.2, 0.25) is 5.91 Å². The third kappa shape index (κ3) is 5.82. The number of hydrogen-bond acceptors (Lipinski definition) is 3. The average Bonchev–Trinajstić information content (AvgIpc) is 2.61. The van der Waals surface area contributed by atoms with E-state index in [0.29, 0.717) is 12.5 Å². The standard InChI is InChI=1S/C19H33NO3/c1-2-3-4-8-15-23-19(22)17-11-13-20(14-12-17)18(21)16-9-6-5-7-10-16/h16-17H,2-15H2,1H3. The van der Waals surface area contributed by atoms with Crippen molar-refractivity contribution in [2.24, 2.45) is 11.8 Å². The Hall–Kier alpha value is -1.06. The van der Waals surface area contributed by atoms with Crippen LogP contribution in [0.4, 0.5) is 0 Å². The van der Waals surface area contributed by atoms with Gasteiger partial charge in [-0.05, 0) is 32.1 Å². The predicted octanol–water partition coefficient (Wildman–Crippen LogP) is 3.93. The lowest BCUT2D eigenvalue weighted by Crippen LogP contribution is -2.43. The van der Waals surface area contributed by atoms with E-state index in [9.17, 15) is 9.59 Å². The van der Waals surface area contributed by atoms with Gasteiger partial charge >= 0.3 is 5.97 Å². The zero-order valence-corrected chi connectivity index (χ0v) is 14.7. The Balaban J connectivity index is 1.64. The highest BCUT2D eigenvalue weighted by atomic mass is 16.5. The molecular formula is C19H33NO3. The van der Waals surface area contributed by atoms with E-state index >= 15 is 0 Å². The van der Waals surface area contributed by atoms with E-state index in [-0.39, 0.29) is 17.8 Å². The lowest BCUT2D eigenvalue weighted by atomic mass is 9.87. The van der Waals surface area contributed by atoms with Gasteiger partial charge in [-0.3, -0.25) is 9.59 Å². The molecule has 2 aliphatic rings. The van der Waals surface area contributed by atoms with Crippen molar-refractivity contribution in [2.45, 2.75) is 77.6 Å². The Labute approximate surface area is 140 Å². The van der Waals surface area contributed by atoms with Crippen molar-refractivity contribution < 1.29 is 14.3 Å². The molecule has 0 aromatic rings. The van der Waals surface area contributed by atoms with Gasteiger partial charge < -0.3 is 9.64 Å². The highest BCUT2D eigenvalue weighted by Crippen LogP contribution is 2.27. The highest BCUT2D eigenvalue weighted by Gasteiger charge is 2.31. The van der Waals surface area contributed by atoms with Crippen LogP contribution < -0.4 is 0 Å². The number of carbonyl (C=O) groups is 2. The molecule has 0 N–H and O–H groups in total. The van der Waals surface area contributed by atoms with Crippen LogP contribution in [0.5, 0.6) is 0 Å². The molecule has 0 spiro atoms. The minimum absolute atomic E-state index is 0.00317. The van der Waals surface area contributed by atoms with Gasteiger partial charge in [-0.15, -0.1) is 0 Å². The van der Waals surface area contributed by atoms with Crippen LogP contribution in [0, 0.1) is 11.8 Å². The lowest BCUT2D eigenvalue weighted by molar-refractivity contribution is -0.152. The molecule has 1 aliphatic carbocycles. The van der Waals surface area contributed by atoms with Gasteiger partial charge in [-0.2, -0.15) is 0 Å². The molecule has 0 aromatic heterocycles. The quantitative estimate of drug-likeness (QED) is 0.527. The highest BCUT2D eigenvalue weighted by molar-refractivity contribution is 5.79. The SMILES string of the molecule is CCCCCCOC(=O)C1CCN(C(=O)C2CCCCC2)CC1. The fourth-order valence-electron chi connectivity index (χ4n) is 3.76. The molecule has 2 fully saturated rings. The van der Waals surface area contributed by atoms with E-state index in [2.05, 4.69) is 6.92 Å². The molecule has 0 radical (unpaired) electrons. The van der Waals surface area contributed by atoms with Gasteiger partial charge in [0.25, 0.3) is 0 Å². The molecule has 1 heterocycles. The Kier molecular flexibility index (Phi) is 7.90. The Bertz CT molecular complexity index is 369. The van der Waals surface area contributed by atoms with Gasteiger partial charge in [0.15, 0.2) is 0 Å². The molecule has 0 atom stereocenters. The first-order valence-electron chi connectivity index (χ1n) is 9.67. The summed E-state index contributed by atoms with van der Waals surface area (Å²) in [6.07, 6.45) is 11.8. The number of amides is 1. The first kappa shape index (κ1) is 18.3. The number of ether oxygens (including phenoxy) is 1. The van der Waals surface area contributed by atoms with E-state index in [4.69, 9.17) is 4.74 Å². The minimum Gasteiger partial charge on any atom is -0.465 e. The van der Waals surface area contributed by atoms with Gasteiger partial charge in [0.1, 0.15) is 0 Å². The smallest absolute Gasteiger partial charge is 0.309 e. The van der Waals surface area contributed by atoms with Crippen LogP contribution in [0.1, 0.15) is 77.6 Å². The summed E-state index contributed by atoms with van der Waals surface area (Å²) >= 11 is 0. The largest absolute Gasteiger partial charge is 0.465 e. The lowest BCUT2D eigenvalue weighted by Gasteiger charge is -2.34. The summed E-state index contributed by atoms with van der Waals surface area (Å²) in [5.41, 5.74) is 0. The number of rotatable bonds is 7. The number of unbranched alkanes of at least 4 members (excludes halogenated alkanes) is 3. The van der Waals surface area contributed by atoms with Crippen molar-refractivity contribution in [3.63, 3.8) is 0 Å². The molecule has 4 heteroatoms. The molecule has 132 valence electrons. The van der Waals surface area contributed by atoms with Crippen LogP contribution in [0.2, 0.25) is 0 Å². The summed E-state index contributed by atoms with van der Waals surface area (Å²) in [4.78, 5) is 26.6. The van der Waals surface area contributed by atoms with Crippen molar-refractivity contribution in [1.29, 1.82) is 0 Å². The number of esters is 1. The fraction of sp³-hybridized carbons (Fsp3) is 0.895. The molecular weight excluding hydrogens is 290 g/mol. The maximum atomic E-state index is 12.5. The summed E-state index contributed by atoms with van der Waals surface area (Å²) in [5.74, 6) is 0.518. The van der Waals surface area contributed by atoms with Crippen LogP contribution in [0.3, 0.4) is 0 Å². The topological polar surface area (TPSA) is 46.6 Å². The number of piperidine rings is 1. The zero-order chi connectivity index (χ0) is 16.5. The molecule has 0 unspecified atom stereocenters. The molecule has 0 aromatic carbocycles. The normalized spacial score (nSPS) is 20.5. The van der Waals surface area contributed by atoms with E-state index in [1.165, 1.54) is 32.1 Å². The van der Waals surface area contributed by atoms with Gasteiger partial charge in [0, 0.05) is 19.0 Å². The second-order valence-electron chi connectivity index (χ2n) is 7.16. The van der Waals surface area contributed by atoms with Crippen molar-refractivity contribution in [1.82, 2.24) is 4.90 Å². The number of carbonyl (C=O) groups excluding carboxylic acids is 2. The molecule has 1 saturated carbocycles. The van der Waals surface area contributed by atoms with E-state index in [1.54, 1.807) is 0 Å². The minimum atomic E-state index is -0.0498. The first-order valence-corrected chi connectivity index (χ1v) is 9.67. The zero-order valence-electron chi connectivity index (χ0n) is 14.7. The van der Waals surface area contributed by atoms with Gasteiger partial charge in [-0.25, -0.2) is 0 Å². The number of nitrogens with zero attached hydrogens (tertiary/aromatic N) is 1. The molecule has 4 nitrogen and oxygen atoms in total. The first-order chi connectivity index (χ1) is 11.2. The fourth-order valence-corrected chi connectivity index (χ4v) is 3.76. The van der Waals surface area contributed by atoms with Crippen molar-refractivity contribution >= 4 is 11.9 Å². The van der Waals surface area contributed by atoms with Crippen LogP contribution in [0.25, 0.3) is 0 Å². The Morgan fingerprint density at radius 1 is 0.913 bits per heavy atom. The predicted molar refractivity (Wildman–Crippen MR) is 91.0 cm³/mol. The van der Waals surface area contributed by atoms with Crippen LogP contribution in [-0.2, 0) is 14.3 Å². The second-order valence-corrected chi connectivity index (χ2v) is 7.16. The Morgan fingerprint density at radius 2 is 1.61 bits per heavy atom. The maximum absolute atomic E-state index is 12.5. The summed E-state index contributed by atoms with van der Waals surface area (Å²) in [6.45, 7) is 4.18. The maximum Gasteiger partial charge on any atom is 0.309 e. The van der Waals surface area contributed by atoms with Gasteiger partial charge in [0.05, 0.1) is 12.5 Å². The second kappa shape index (κ2) is 9.94. The third-order valence-electron chi connectivity index (χ3n) is 5.34. The van der Waals surface area contributed by atoms with Crippen LogP contribution in [0.15, 0.2) is 0 Å². The van der Waals surface area contributed by atoms with Crippen molar-refractivity contribution in [3.05, 3.63) is 0 Å². The molecule has 1 saturated heterocycles. The number of hydrogen-bond donors (Lipinski definition) is 0.